The topological polar surface area (TPSA) is 45.2 Å². The number of carbonyl (C=O) groups is 1. The molecule has 4 heteroatoms. The third-order valence-corrected chi connectivity index (χ3v) is 6.77. The number of likely N-dealkylation sites (tertiary alicyclic amines) is 1. The van der Waals surface area contributed by atoms with E-state index in [1.807, 2.05) is 19.3 Å². The molecule has 3 aromatic rings. The van der Waals surface area contributed by atoms with Gasteiger partial charge < -0.3 is 5.32 Å². The Labute approximate surface area is 191 Å². The van der Waals surface area contributed by atoms with Gasteiger partial charge in [-0.15, -0.1) is 0 Å². The second kappa shape index (κ2) is 10.1. The number of aromatic nitrogens is 1. The smallest absolute Gasteiger partial charge is 0.226 e. The van der Waals surface area contributed by atoms with E-state index in [4.69, 9.17) is 0 Å². The van der Waals surface area contributed by atoms with Gasteiger partial charge in [-0.25, -0.2) is 0 Å². The Balaban J connectivity index is 1.58. The molecular formula is C28H33N3O. The normalized spacial score (nSPS) is 15.9. The van der Waals surface area contributed by atoms with Crippen LogP contribution in [0.5, 0.6) is 0 Å². The van der Waals surface area contributed by atoms with E-state index in [-0.39, 0.29) is 11.3 Å². The average Bonchev–Trinajstić information content (AvgIpc) is 2.82. The first kappa shape index (κ1) is 22.2. The number of piperidine rings is 1. The predicted molar refractivity (Wildman–Crippen MR) is 130 cm³/mol. The van der Waals surface area contributed by atoms with Gasteiger partial charge in [-0.2, -0.15) is 0 Å². The maximum atomic E-state index is 13.4. The molecule has 166 valence electrons. The third-order valence-electron chi connectivity index (χ3n) is 6.77. The zero-order valence-corrected chi connectivity index (χ0v) is 19.2. The molecule has 1 aliphatic heterocycles. The second-order valence-electron chi connectivity index (χ2n) is 8.92. The van der Waals surface area contributed by atoms with Crippen LogP contribution < -0.4 is 5.32 Å². The summed E-state index contributed by atoms with van der Waals surface area (Å²) in [6.45, 7) is 7.58. The van der Waals surface area contributed by atoms with Gasteiger partial charge in [0.05, 0.1) is 5.41 Å². The van der Waals surface area contributed by atoms with E-state index in [1.165, 1.54) is 27.8 Å². The van der Waals surface area contributed by atoms with E-state index in [2.05, 4.69) is 82.8 Å². The average molecular weight is 428 g/mol. The molecule has 0 saturated carbocycles. The molecule has 0 spiro atoms. The van der Waals surface area contributed by atoms with Gasteiger partial charge >= 0.3 is 0 Å². The first-order valence-corrected chi connectivity index (χ1v) is 11.6. The largest absolute Gasteiger partial charge is 0.356 e. The van der Waals surface area contributed by atoms with E-state index < -0.39 is 0 Å². The number of rotatable bonds is 7. The number of carbonyl (C=O) groups excluding carboxylic acids is 1. The summed E-state index contributed by atoms with van der Waals surface area (Å²) in [6, 6.07) is 21.3. The van der Waals surface area contributed by atoms with Gasteiger partial charge in [-0.1, -0.05) is 48.5 Å². The highest BCUT2D eigenvalue weighted by molar-refractivity contribution is 5.84. The summed E-state index contributed by atoms with van der Waals surface area (Å²) < 4.78 is 0. The molecule has 2 heterocycles. The molecule has 1 aromatic heterocycles. The molecule has 4 rings (SSSR count). The van der Waals surface area contributed by atoms with Crippen LogP contribution in [0.25, 0.3) is 11.1 Å². The van der Waals surface area contributed by atoms with Crippen LogP contribution in [-0.4, -0.2) is 35.4 Å². The molecule has 1 saturated heterocycles. The molecule has 0 aliphatic carbocycles. The van der Waals surface area contributed by atoms with Crippen LogP contribution in [0.3, 0.4) is 0 Å². The van der Waals surface area contributed by atoms with Crippen LogP contribution in [-0.2, 0) is 17.8 Å². The van der Waals surface area contributed by atoms with Crippen molar-refractivity contribution < 1.29 is 4.79 Å². The summed E-state index contributed by atoms with van der Waals surface area (Å²) in [5.41, 5.74) is 5.92. The monoisotopic (exact) mass is 427 g/mol. The zero-order chi connectivity index (χ0) is 22.4. The lowest BCUT2D eigenvalue weighted by atomic mass is 9.71. The lowest BCUT2D eigenvalue weighted by Gasteiger charge is -2.41. The maximum Gasteiger partial charge on any atom is 0.226 e. The van der Waals surface area contributed by atoms with E-state index in [0.717, 1.165) is 38.9 Å². The number of aryl methyl sites for hydroxylation is 1. The van der Waals surface area contributed by atoms with Gasteiger partial charge in [0.2, 0.25) is 5.91 Å². The fourth-order valence-electron chi connectivity index (χ4n) is 4.89. The molecule has 0 bridgehead atoms. The minimum atomic E-state index is -0.371. The molecule has 1 amide bonds. The van der Waals surface area contributed by atoms with Crippen molar-refractivity contribution in [2.75, 3.05) is 19.6 Å². The van der Waals surface area contributed by atoms with Crippen LogP contribution in [0.1, 0.15) is 36.5 Å². The van der Waals surface area contributed by atoms with Gasteiger partial charge in [-0.3, -0.25) is 14.7 Å². The summed E-state index contributed by atoms with van der Waals surface area (Å²) in [7, 11) is 0. The van der Waals surface area contributed by atoms with Crippen LogP contribution in [0, 0.1) is 12.3 Å². The van der Waals surface area contributed by atoms with Crippen molar-refractivity contribution in [3.63, 3.8) is 0 Å². The Hall–Kier alpha value is -2.98. The van der Waals surface area contributed by atoms with Gasteiger partial charge in [0.1, 0.15) is 0 Å². The fraction of sp³-hybridized carbons (Fsp3) is 0.357. The fourth-order valence-corrected chi connectivity index (χ4v) is 4.89. The van der Waals surface area contributed by atoms with Crippen LogP contribution in [0.2, 0.25) is 0 Å². The molecule has 0 atom stereocenters. The zero-order valence-electron chi connectivity index (χ0n) is 19.2. The molecule has 1 aliphatic rings. The minimum Gasteiger partial charge on any atom is -0.356 e. The molecule has 2 aromatic carbocycles. The highest BCUT2D eigenvalue weighted by Crippen LogP contribution is 2.39. The number of hydrogen-bond acceptors (Lipinski definition) is 3. The highest BCUT2D eigenvalue weighted by Gasteiger charge is 2.41. The molecule has 4 nitrogen and oxygen atoms in total. The number of benzene rings is 2. The molecule has 0 unspecified atom stereocenters. The number of amides is 1. The first-order valence-electron chi connectivity index (χ1n) is 11.6. The SMILES string of the molecule is CCNC(=O)C1(Cc2ccccc2-c2ccccc2C)CCN(Cc2ccncc2)CC1. The van der Waals surface area contributed by atoms with Crippen molar-refractivity contribution in [1.82, 2.24) is 15.2 Å². The van der Waals surface area contributed by atoms with Crippen molar-refractivity contribution in [3.8, 4) is 11.1 Å². The van der Waals surface area contributed by atoms with E-state index in [0.29, 0.717) is 6.54 Å². The Morgan fingerprint density at radius 2 is 1.62 bits per heavy atom. The molecule has 32 heavy (non-hydrogen) atoms. The number of pyridine rings is 1. The van der Waals surface area contributed by atoms with Gasteiger partial charge in [-0.05, 0) is 86.1 Å². The van der Waals surface area contributed by atoms with E-state index in [1.54, 1.807) is 0 Å². The summed E-state index contributed by atoms with van der Waals surface area (Å²) in [6.07, 6.45) is 6.20. The summed E-state index contributed by atoms with van der Waals surface area (Å²) in [4.78, 5) is 19.9. The quantitative estimate of drug-likeness (QED) is 0.576. The van der Waals surface area contributed by atoms with Crippen LogP contribution in [0.4, 0.5) is 0 Å². The minimum absolute atomic E-state index is 0.197. The number of hydrogen-bond donors (Lipinski definition) is 1. The molecular weight excluding hydrogens is 394 g/mol. The standard InChI is InChI=1S/C28H33N3O/c1-3-30-27(32)28(14-18-31(19-15-28)21-23-12-16-29-17-13-23)20-24-9-5-7-11-26(24)25-10-6-4-8-22(25)2/h4-13,16-17H,3,14-15,18-21H2,1-2H3,(H,30,32). The summed E-state index contributed by atoms with van der Waals surface area (Å²) in [5, 5.41) is 3.15. The van der Waals surface area contributed by atoms with E-state index >= 15 is 0 Å². The van der Waals surface area contributed by atoms with Gasteiger partial charge in [0.25, 0.3) is 0 Å². The maximum absolute atomic E-state index is 13.4. The molecule has 1 N–H and O–H groups in total. The predicted octanol–water partition coefficient (Wildman–Crippen LogP) is 5.02. The Morgan fingerprint density at radius 1 is 0.969 bits per heavy atom. The van der Waals surface area contributed by atoms with E-state index in [9.17, 15) is 4.79 Å². The third kappa shape index (κ3) is 4.91. The van der Waals surface area contributed by atoms with Gasteiger partial charge in [0, 0.05) is 25.5 Å². The van der Waals surface area contributed by atoms with Crippen LogP contribution in [0.15, 0.2) is 73.1 Å². The Bertz CT molecular complexity index is 1040. The Kier molecular flexibility index (Phi) is 7.01. The Morgan fingerprint density at radius 3 is 2.31 bits per heavy atom. The van der Waals surface area contributed by atoms with Gasteiger partial charge in [0.15, 0.2) is 0 Å². The lowest BCUT2D eigenvalue weighted by molar-refractivity contribution is -0.134. The number of nitrogens with one attached hydrogen (secondary N) is 1. The van der Waals surface area contributed by atoms with Crippen LogP contribution >= 0.6 is 0 Å². The lowest BCUT2D eigenvalue weighted by Crippen LogP contribution is -2.49. The summed E-state index contributed by atoms with van der Waals surface area (Å²) >= 11 is 0. The first-order chi connectivity index (χ1) is 15.6. The second-order valence-corrected chi connectivity index (χ2v) is 8.92. The molecule has 0 radical (unpaired) electrons. The van der Waals surface area contributed by atoms with Crippen molar-refractivity contribution in [3.05, 3.63) is 89.7 Å². The van der Waals surface area contributed by atoms with Crippen molar-refractivity contribution in [1.29, 1.82) is 0 Å². The summed E-state index contributed by atoms with van der Waals surface area (Å²) in [5.74, 6) is 0.197. The highest BCUT2D eigenvalue weighted by atomic mass is 16.2. The van der Waals surface area contributed by atoms with Crippen molar-refractivity contribution >= 4 is 5.91 Å². The van der Waals surface area contributed by atoms with Crippen molar-refractivity contribution in [2.45, 2.75) is 39.7 Å². The van der Waals surface area contributed by atoms with Crippen molar-refractivity contribution in [2.24, 2.45) is 5.41 Å². The molecule has 1 fully saturated rings. The number of nitrogens with zero attached hydrogens (tertiary/aromatic N) is 2.